The molecule has 0 unspecified atom stereocenters. The monoisotopic (exact) mass is 286 g/mol. The van der Waals surface area contributed by atoms with Crippen LogP contribution in [0.5, 0.6) is 0 Å². The average molecular weight is 286 g/mol. The van der Waals surface area contributed by atoms with Crippen molar-refractivity contribution in [2.75, 3.05) is 6.61 Å². The van der Waals surface area contributed by atoms with Crippen molar-refractivity contribution in [2.24, 2.45) is 0 Å². The van der Waals surface area contributed by atoms with Crippen molar-refractivity contribution in [3.63, 3.8) is 0 Å². The van der Waals surface area contributed by atoms with Gasteiger partial charge in [0, 0.05) is 29.9 Å². The largest absolute Gasteiger partial charge is 0.395 e. The van der Waals surface area contributed by atoms with E-state index < -0.39 is 11.5 Å². The first kappa shape index (κ1) is 14.9. The topological polar surface area (TPSA) is 55.1 Å². The number of halogens is 1. The Balaban J connectivity index is 2.24. The number of aromatic nitrogens is 2. The maximum Gasteiger partial charge on any atom is 0.347 e. The molecule has 0 bridgehead atoms. The van der Waals surface area contributed by atoms with Crippen LogP contribution in [0.25, 0.3) is 0 Å². The fraction of sp³-hybridized carbons (Fsp3) is 0.250. The summed E-state index contributed by atoms with van der Waals surface area (Å²) in [7, 11) is 0. The highest BCUT2D eigenvalue weighted by Gasteiger charge is 2.05. The smallest absolute Gasteiger partial charge is 0.347 e. The Morgan fingerprint density at radius 1 is 1.43 bits per heavy atom. The summed E-state index contributed by atoms with van der Waals surface area (Å²) in [5, 5.41) is 8.64. The zero-order valence-corrected chi connectivity index (χ0v) is 11.6. The molecule has 0 radical (unpaired) electrons. The summed E-state index contributed by atoms with van der Waals surface area (Å²) >= 11 is 0. The molecule has 0 saturated carbocycles. The Morgan fingerprint density at radius 3 is 2.95 bits per heavy atom. The van der Waals surface area contributed by atoms with Gasteiger partial charge in [-0.05, 0) is 24.6 Å². The van der Waals surface area contributed by atoms with E-state index >= 15 is 0 Å². The fourth-order valence-electron chi connectivity index (χ4n) is 1.84. The van der Waals surface area contributed by atoms with Crippen LogP contribution >= 0.6 is 0 Å². The lowest BCUT2D eigenvalue weighted by Crippen LogP contribution is -2.23. The summed E-state index contributed by atoms with van der Waals surface area (Å²) in [6, 6.07) is 4.62. The third-order valence-corrected chi connectivity index (χ3v) is 2.85. The number of hydrogen-bond acceptors (Lipinski definition) is 3. The third kappa shape index (κ3) is 4.01. The van der Waals surface area contributed by atoms with Crippen LogP contribution in [0, 0.1) is 24.6 Å². The molecule has 1 aromatic carbocycles. The van der Waals surface area contributed by atoms with Crippen molar-refractivity contribution in [1.82, 2.24) is 9.55 Å². The van der Waals surface area contributed by atoms with Crippen LogP contribution in [-0.2, 0) is 6.54 Å². The minimum absolute atomic E-state index is 0.0170. The molecule has 0 atom stereocenters. The van der Waals surface area contributed by atoms with Crippen molar-refractivity contribution >= 4 is 0 Å². The van der Waals surface area contributed by atoms with Gasteiger partial charge >= 0.3 is 5.69 Å². The molecule has 2 aromatic rings. The summed E-state index contributed by atoms with van der Waals surface area (Å²) in [4.78, 5) is 15.3. The lowest BCUT2D eigenvalue weighted by Gasteiger charge is -2.07. The third-order valence-electron chi connectivity index (χ3n) is 2.85. The first-order valence-electron chi connectivity index (χ1n) is 6.51. The molecular weight excluding hydrogens is 271 g/mol. The lowest BCUT2D eigenvalue weighted by atomic mass is 10.1. The maximum atomic E-state index is 14.0. The molecule has 2 rings (SSSR count). The molecule has 0 aliphatic heterocycles. The first-order valence-corrected chi connectivity index (χ1v) is 6.51. The van der Waals surface area contributed by atoms with Crippen LogP contribution in [0.3, 0.4) is 0 Å². The van der Waals surface area contributed by atoms with E-state index in [1.54, 1.807) is 18.3 Å². The molecule has 5 heteroatoms. The first-order chi connectivity index (χ1) is 10.1. The Kier molecular flexibility index (Phi) is 4.85. The Hall–Kier alpha value is -2.45. The van der Waals surface area contributed by atoms with E-state index in [4.69, 9.17) is 5.11 Å². The number of rotatable bonds is 3. The normalized spacial score (nSPS) is 10.0. The van der Waals surface area contributed by atoms with Gasteiger partial charge in [0.2, 0.25) is 0 Å². The van der Waals surface area contributed by atoms with Crippen molar-refractivity contribution in [2.45, 2.75) is 19.9 Å². The van der Waals surface area contributed by atoms with Crippen LogP contribution < -0.4 is 5.69 Å². The van der Waals surface area contributed by atoms with Crippen LogP contribution in [0.15, 0.2) is 35.4 Å². The molecule has 108 valence electrons. The van der Waals surface area contributed by atoms with Gasteiger partial charge in [-0.1, -0.05) is 17.9 Å². The summed E-state index contributed by atoms with van der Waals surface area (Å²) in [5.41, 5.74) is 1.37. The molecule has 0 amide bonds. The van der Waals surface area contributed by atoms with Gasteiger partial charge in [0.15, 0.2) is 0 Å². The molecule has 0 spiro atoms. The highest BCUT2D eigenvalue weighted by atomic mass is 19.1. The SMILES string of the molecule is Cc1cnc(=O)n(Cc2ccc(C#CCCO)cc2F)c1. The zero-order chi connectivity index (χ0) is 15.2. The number of aliphatic hydroxyl groups excluding tert-OH is 1. The Morgan fingerprint density at radius 2 is 2.24 bits per heavy atom. The Bertz CT molecular complexity index is 757. The minimum atomic E-state index is -0.417. The van der Waals surface area contributed by atoms with Gasteiger partial charge in [-0.3, -0.25) is 4.57 Å². The molecule has 1 aromatic heterocycles. The van der Waals surface area contributed by atoms with E-state index in [0.29, 0.717) is 17.5 Å². The molecule has 21 heavy (non-hydrogen) atoms. The van der Waals surface area contributed by atoms with Gasteiger partial charge in [-0.25, -0.2) is 14.2 Å². The number of nitrogens with zero attached hydrogens (tertiary/aromatic N) is 2. The maximum absolute atomic E-state index is 14.0. The highest BCUT2D eigenvalue weighted by molar-refractivity contribution is 5.37. The number of hydrogen-bond donors (Lipinski definition) is 1. The standard InChI is InChI=1S/C16H15FN2O2/c1-12-9-18-16(21)19(10-12)11-14-6-5-13(8-15(14)17)4-2-3-7-20/h5-6,8-10,20H,3,7,11H2,1H3. The molecule has 0 aliphatic carbocycles. The summed E-state index contributed by atoms with van der Waals surface area (Å²) in [6.45, 7) is 1.93. The Labute approximate surface area is 121 Å². The second-order valence-corrected chi connectivity index (χ2v) is 4.62. The van der Waals surface area contributed by atoms with Gasteiger partial charge < -0.3 is 5.11 Å². The van der Waals surface area contributed by atoms with Crippen LogP contribution in [0.1, 0.15) is 23.1 Å². The second-order valence-electron chi connectivity index (χ2n) is 4.62. The number of aryl methyl sites for hydroxylation is 1. The number of benzene rings is 1. The van der Waals surface area contributed by atoms with E-state index in [9.17, 15) is 9.18 Å². The second kappa shape index (κ2) is 6.82. The van der Waals surface area contributed by atoms with Crippen molar-refractivity contribution < 1.29 is 9.50 Å². The van der Waals surface area contributed by atoms with Gasteiger partial charge in [0.1, 0.15) is 5.82 Å². The molecule has 1 heterocycles. The van der Waals surface area contributed by atoms with Crippen LogP contribution in [0.4, 0.5) is 4.39 Å². The molecule has 4 nitrogen and oxygen atoms in total. The highest BCUT2D eigenvalue weighted by Crippen LogP contribution is 2.11. The molecule has 1 N–H and O–H groups in total. The van der Waals surface area contributed by atoms with Gasteiger partial charge in [-0.2, -0.15) is 0 Å². The van der Waals surface area contributed by atoms with Gasteiger partial charge in [-0.15, -0.1) is 0 Å². The van der Waals surface area contributed by atoms with E-state index in [2.05, 4.69) is 16.8 Å². The predicted molar refractivity (Wildman–Crippen MR) is 77.3 cm³/mol. The van der Waals surface area contributed by atoms with Crippen LogP contribution in [-0.4, -0.2) is 21.3 Å². The van der Waals surface area contributed by atoms with E-state index in [1.807, 2.05) is 6.92 Å². The van der Waals surface area contributed by atoms with Crippen molar-refractivity contribution in [3.8, 4) is 11.8 Å². The van der Waals surface area contributed by atoms with E-state index in [0.717, 1.165) is 5.56 Å². The average Bonchev–Trinajstić information content (AvgIpc) is 2.46. The molecule has 0 saturated heterocycles. The van der Waals surface area contributed by atoms with E-state index in [-0.39, 0.29) is 13.2 Å². The number of aliphatic hydroxyl groups is 1. The van der Waals surface area contributed by atoms with Gasteiger partial charge in [0.05, 0.1) is 13.2 Å². The predicted octanol–water partition coefficient (Wildman–Crippen LogP) is 1.47. The van der Waals surface area contributed by atoms with Crippen molar-refractivity contribution in [1.29, 1.82) is 0 Å². The quantitative estimate of drug-likeness (QED) is 0.869. The molecular formula is C16H15FN2O2. The minimum Gasteiger partial charge on any atom is -0.395 e. The molecule has 0 fully saturated rings. The fourth-order valence-corrected chi connectivity index (χ4v) is 1.84. The zero-order valence-electron chi connectivity index (χ0n) is 11.6. The van der Waals surface area contributed by atoms with E-state index in [1.165, 1.54) is 16.8 Å². The summed E-state index contributed by atoms with van der Waals surface area (Å²) in [6.07, 6.45) is 3.48. The summed E-state index contributed by atoms with van der Waals surface area (Å²) < 4.78 is 15.4. The van der Waals surface area contributed by atoms with Crippen molar-refractivity contribution in [3.05, 3.63) is 63.6 Å². The van der Waals surface area contributed by atoms with Gasteiger partial charge in [0.25, 0.3) is 0 Å². The lowest BCUT2D eigenvalue weighted by molar-refractivity contribution is 0.305. The summed E-state index contributed by atoms with van der Waals surface area (Å²) in [5.74, 6) is 5.08. The van der Waals surface area contributed by atoms with Crippen LogP contribution in [0.2, 0.25) is 0 Å². The molecule has 0 aliphatic rings.